The molecule has 1 atom stereocenters. The van der Waals surface area contributed by atoms with E-state index in [2.05, 4.69) is 31.1 Å². The van der Waals surface area contributed by atoms with E-state index in [1.807, 2.05) is 12.1 Å². The molecule has 1 fully saturated rings. The van der Waals surface area contributed by atoms with Gasteiger partial charge in [-0.05, 0) is 26.8 Å². The molecule has 0 spiro atoms. The Labute approximate surface area is 109 Å². The van der Waals surface area contributed by atoms with Crippen molar-refractivity contribution in [2.45, 2.75) is 45.4 Å². The Morgan fingerprint density at radius 2 is 2.33 bits per heavy atom. The lowest BCUT2D eigenvalue weighted by molar-refractivity contribution is 0.141. The highest BCUT2D eigenvalue weighted by Gasteiger charge is 2.17. The van der Waals surface area contributed by atoms with E-state index < -0.39 is 0 Å². The van der Waals surface area contributed by atoms with Crippen LogP contribution in [0.5, 0.6) is 5.75 Å². The fraction of sp³-hybridized carbons (Fsp3) is 0.643. The first-order chi connectivity index (χ1) is 8.53. The SMILES string of the molecule is CC(C)(C)NCc1cc(OC2CCOC2)ccn1. The summed E-state index contributed by atoms with van der Waals surface area (Å²) < 4.78 is 11.2. The second-order valence-corrected chi connectivity index (χ2v) is 5.69. The third-order valence-corrected chi connectivity index (χ3v) is 2.78. The van der Waals surface area contributed by atoms with Gasteiger partial charge in [-0.2, -0.15) is 0 Å². The van der Waals surface area contributed by atoms with Crippen molar-refractivity contribution in [3.8, 4) is 5.75 Å². The summed E-state index contributed by atoms with van der Waals surface area (Å²) in [5.41, 5.74) is 1.10. The van der Waals surface area contributed by atoms with Gasteiger partial charge in [-0.3, -0.25) is 4.98 Å². The summed E-state index contributed by atoms with van der Waals surface area (Å²) in [7, 11) is 0. The van der Waals surface area contributed by atoms with Crippen LogP contribution in [0.3, 0.4) is 0 Å². The zero-order valence-corrected chi connectivity index (χ0v) is 11.4. The molecule has 1 unspecified atom stereocenters. The average molecular weight is 250 g/mol. The van der Waals surface area contributed by atoms with Crippen molar-refractivity contribution in [1.29, 1.82) is 0 Å². The zero-order chi connectivity index (χ0) is 13.0. The molecule has 1 N–H and O–H groups in total. The zero-order valence-electron chi connectivity index (χ0n) is 11.4. The Bertz CT molecular complexity index is 382. The van der Waals surface area contributed by atoms with Crippen molar-refractivity contribution < 1.29 is 9.47 Å². The molecule has 100 valence electrons. The number of hydrogen-bond acceptors (Lipinski definition) is 4. The molecule has 1 aliphatic rings. The lowest BCUT2D eigenvalue weighted by atomic mass is 10.1. The van der Waals surface area contributed by atoms with Crippen molar-refractivity contribution in [3.63, 3.8) is 0 Å². The molecule has 18 heavy (non-hydrogen) atoms. The Morgan fingerprint density at radius 1 is 1.50 bits per heavy atom. The smallest absolute Gasteiger partial charge is 0.124 e. The van der Waals surface area contributed by atoms with E-state index in [9.17, 15) is 0 Å². The number of hydrogen-bond donors (Lipinski definition) is 1. The third kappa shape index (κ3) is 4.27. The van der Waals surface area contributed by atoms with E-state index in [4.69, 9.17) is 9.47 Å². The van der Waals surface area contributed by atoms with Gasteiger partial charge in [0, 0.05) is 30.8 Å². The number of nitrogens with zero attached hydrogens (tertiary/aromatic N) is 1. The second kappa shape index (κ2) is 5.67. The van der Waals surface area contributed by atoms with Crippen LogP contribution in [0.4, 0.5) is 0 Å². The number of ether oxygens (including phenoxy) is 2. The van der Waals surface area contributed by atoms with Gasteiger partial charge in [0.25, 0.3) is 0 Å². The molecule has 0 saturated carbocycles. The average Bonchev–Trinajstić information content (AvgIpc) is 2.79. The fourth-order valence-corrected chi connectivity index (χ4v) is 1.78. The van der Waals surface area contributed by atoms with Gasteiger partial charge in [-0.1, -0.05) is 0 Å². The highest BCUT2D eigenvalue weighted by atomic mass is 16.5. The second-order valence-electron chi connectivity index (χ2n) is 5.69. The van der Waals surface area contributed by atoms with Crippen molar-refractivity contribution in [1.82, 2.24) is 10.3 Å². The van der Waals surface area contributed by atoms with Gasteiger partial charge in [-0.15, -0.1) is 0 Å². The Kier molecular flexibility index (Phi) is 4.19. The van der Waals surface area contributed by atoms with E-state index in [0.29, 0.717) is 6.61 Å². The molecule has 2 rings (SSSR count). The summed E-state index contributed by atoms with van der Waals surface area (Å²) in [6, 6.07) is 3.90. The van der Waals surface area contributed by atoms with Crippen LogP contribution in [-0.4, -0.2) is 29.8 Å². The standard InChI is InChI=1S/C14H22N2O2/c1-14(2,3)16-9-11-8-12(4-6-15-11)18-13-5-7-17-10-13/h4,6,8,13,16H,5,7,9-10H2,1-3H3. The molecule has 0 bridgehead atoms. The normalized spacial score (nSPS) is 20.1. The molecule has 0 amide bonds. The molecular weight excluding hydrogens is 228 g/mol. The van der Waals surface area contributed by atoms with E-state index in [1.165, 1.54) is 0 Å². The Morgan fingerprint density at radius 3 is 3.00 bits per heavy atom. The van der Waals surface area contributed by atoms with Gasteiger partial charge in [0.1, 0.15) is 11.9 Å². The van der Waals surface area contributed by atoms with Crippen molar-refractivity contribution in [2.75, 3.05) is 13.2 Å². The number of rotatable bonds is 4. The lowest BCUT2D eigenvalue weighted by Crippen LogP contribution is -2.35. The van der Waals surface area contributed by atoms with E-state index in [1.54, 1.807) is 6.20 Å². The first kappa shape index (κ1) is 13.3. The van der Waals surface area contributed by atoms with Crippen molar-refractivity contribution in [2.24, 2.45) is 0 Å². The lowest BCUT2D eigenvalue weighted by Gasteiger charge is -2.20. The van der Waals surface area contributed by atoms with Crippen molar-refractivity contribution in [3.05, 3.63) is 24.0 Å². The van der Waals surface area contributed by atoms with Crippen LogP contribution in [-0.2, 0) is 11.3 Å². The van der Waals surface area contributed by atoms with Gasteiger partial charge in [-0.25, -0.2) is 0 Å². The molecule has 1 saturated heterocycles. The maximum Gasteiger partial charge on any atom is 0.124 e. The summed E-state index contributed by atoms with van der Waals surface area (Å²) in [5.74, 6) is 0.881. The Balaban J connectivity index is 1.92. The van der Waals surface area contributed by atoms with E-state index in [0.717, 1.165) is 31.0 Å². The predicted octanol–water partition coefficient (Wildman–Crippen LogP) is 2.14. The van der Waals surface area contributed by atoms with Crippen LogP contribution in [0.2, 0.25) is 0 Å². The molecule has 4 nitrogen and oxygen atoms in total. The summed E-state index contributed by atoms with van der Waals surface area (Å²) in [6.07, 6.45) is 2.96. The highest BCUT2D eigenvalue weighted by molar-refractivity contribution is 5.23. The molecule has 0 aliphatic carbocycles. The van der Waals surface area contributed by atoms with Crippen LogP contribution in [0.1, 0.15) is 32.9 Å². The van der Waals surface area contributed by atoms with Gasteiger partial charge in [0.2, 0.25) is 0 Å². The molecular formula is C14H22N2O2. The molecule has 1 aromatic heterocycles. The maximum absolute atomic E-state index is 5.86. The monoisotopic (exact) mass is 250 g/mol. The number of pyridine rings is 1. The molecule has 0 aromatic carbocycles. The number of aromatic nitrogens is 1. The van der Waals surface area contributed by atoms with Crippen LogP contribution >= 0.6 is 0 Å². The van der Waals surface area contributed by atoms with E-state index in [-0.39, 0.29) is 11.6 Å². The summed E-state index contributed by atoms with van der Waals surface area (Å²) >= 11 is 0. The largest absolute Gasteiger partial charge is 0.488 e. The van der Waals surface area contributed by atoms with Gasteiger partial charge >= 0.3 is 0 Å². The topological polar surface area (TPSA) is 43.4 Å². The van der Waals surface area contributed by atoms with Gasteiger partial charge in [0.05, 0.1) is 18.9 Å². The summed E-state index contributed by atoms with van der Waals surface area (Å²) in [4.78, 5) is 4.34. The van der Waals surface area contributed by atoms with Gasteiger partial charge < -0.3 is 14.8 Å². The minimum absolute atomic E-state index is 0.0951. The van der Waals surface area contributed by atoms with Crippen LogP contribution in [0, 0.1) is 0 Å². The van der Waals surface area contributed by atoms with Crippen molar-refractivity contribution >= 4 is 0 Å². The fourth-order valence-electron chi connectivity index (χ4n) is 1.78. The maximum atomic E-state index is 5.86. The number of nitrogens with one attached hydrogen (secondary N) is 1. The predicted molar refractivity (Wildman–Crippen MR) is 70.7 cm³/mol. The summed E-state index contributed by atoms with van der Waals surface area (Å²) in [6.45, 7) is 8.67. The highest BCUT2D eigenvalue weighted by Crippen LogP contribution is 2.17. The minimum Gasteiger partial charge on any atom is -0.488 e. The third-order valence-electron chi connectivity index (χ3n) is 2.78. The molecule has 1 aromatic rings. The molecule has 4 heteroatoms. The molecule has 0 radical (unpaired) electrons. The van der Waals surface area contributed by atoms with Crippen LogP contribution in [0.15, 0.2) is 18.3 Å². The summed E-state index contributed by atoms with van der Waals surface area (Å²) in [5, 5.41) is 3.42. The van der Waals surface area contributed by atoms with E-state index >= 15 is 0 Å². The quantitative estimate of drug-likeness (QED) is 0.889. The minimum atomic E-state index is 0.0951. The van der Waals surface area contributed by atoms with Gasteiger partial charge in [0.15, 0.2) is 0 Å². The van der Waals surface area contributed by atoms with Crippen LogP contribution < -0.4 is 10.1 Å². The first-order valence-electron chi connectivity index (χ1n) is 6.47. The Hall–Kier alpha value is -1.13. The first-order valence-corrected chi connectivity index (χ1v) is 6.47. The molecule has 1 aliphatic heterocycles. The molecule has 2 heterocycles. The van der Waals surface area contributed by atoms with Crippen LogP contribution in [0.25, 0.3) is 0 Å².